The zero-order valence-corrected chi connectivity index (χ0v) is 17.0. The Balaban J connectivity index is 1.99. The van der Waals surface area contributed by atoms with E-state index in [-0.39, 0.29) is 17.0 Å². The number of nitrogens with zero attached hydrogens (tertiary/aromatic N) is 3. The lowest BCUT2D eigenvalue weighted by Gasteiger charge is -2.11. The fourth-order valence-corrected chi connectivity index (χ4v) is 3.27. The number of aromatic nitrogens is 4. The molecule has 0 bridgehead atoms. The van der Waals surface area contributed by atoms with Gasteiger partial charge in [0.1, 0.15) is 22.7 Å². The van der Waals surface area contributed by atoms with Gasteiger partial charge in [-0.3, -0.25) is 5.41 Å². The number of imidazole rings is 1. The number of para-hydroxylation sites is 2. The lowest BCUT2D eigenvalue weighted by molar-refractivity contribution is 0.340. The lowest BCUT2D eigenvalue weighted by Crippen LogP contribution is -2.31. The molecular formula is C21H21N7O3. The maximum absolute atomic E-state index is 12.9. The highest BCUT2D eigenvalue weighted by molar-refractivity contribution is 6.04. The van der Waals surface area contributed by atoms with Crippen LogP contribution >= 0.6 is 0 Å². The van der Waals surface area contributed by atoms with Crippen molar-refractivity contribution >= 4 is 17.0 Å². The molecule has 0 spiro atoms. The van der Waals surface area contributed by atoms with Crippen LogP contribution in [0.4, 0.5) is 0 Å². The summed E-state index contributed by atoms with van der Waals surface area (Å²) in [4.78, 5) is 24.7. The first kappa shape index (κ1) is 20.1. The Morgan fingerprint density at radius 2 is 1.94 bits per heavy atom. The van der Waals surface area contributed by atoms with Gasteiger partial charge in [-0.05, 0) is 43.3 Å². The van der Waals surface area contributed by atoms with Crippen LogP contribution in [-0.4, -0.2) is 39.1 Å². The van der Waals surface area contributed by atoms with Gasteiger partial charge in [-0.15, -0.1) is 0 Å². The Morgan fingerprint density at radius 3 is 2.61 bits per heavy atom. The van der Waals surface area contributed by atoms with E-state index in [1.165, 1.54) is 11.7 Å². The van der Waals surface area contributed by atoms with Crippen LogP contribution in [0.25, 0.3) is 28.2 Å². The van der Waals surface area contributed by atoms with Crippen molar-refractivity contribution in [2.75, 3.05) is 13.7 Å². The number of hydrazine groups is 1. The minimum atomic E-state index is -0.441. The lowest BCUT2D eigenvalue weighted by atomic mass is 10.2. The molecule has 0 saturated heterocycles. The number of H-pyrrole nitrogens is 1. The Kier molecular flexibility index (Phi) is 5.37. The smallest absolute Gasteiger partial charge is 0.332 e. The van der Waals surface area contributed by atoms with E-state index in [9.17, 15) is 4.79 Å². The minimum absolute atomic E-state index is 0.159. The van der Waals surface area contributed by atoms with E-state index in [1.54, 1.807) is 18.2 Å². The molecule has 2 heterocycles. The minimum Gasteiger partial charge on any atom is -0.495 e. The average Bonchev–Trinajstić information content (AvgIpc) is 3.14. The predicted molar refractivity (Wildman–Crippen MR) is 117 cm³/mol. The van der Waals surface area contributed by atoms with E-state index in [0.717, 1.165) is 5.75 Å². The summed E-state index contributed by atoms with van der Waals surface area (Å²) < 4.78 is 12.3. The number of methoxy groups -OCH3 is 1. The number of aromatic amines is 1. The fourth-order valence-electron chi connectivity index (χ4n) is 3.27. The Morgan fingerprint density at radius 1 is 1.19 bits per heavy atom. The van der Waals surface area contributed by atoms with Crippen LogP contribution in [0.3, 0.4) is 0 Å². The van der Waals surface area contributed by atoms with Crippen LogP contribution in [0.1, 0.15) is 12.6 Å². The molecule has 0 aliphatic carbocycles. The largest absolute Gasteiger partial charge is 0.495 e. The quantitative estimate of drug-likeness (QED) is 0.162. The van der Waals surface area contributed by atoms with Crippen molar-refractivity contribution in [1.82, 2.24) is 24.9 Å². The van der Waals surface area contributed by atoms with E-state index >= 15 is 0 Å². The topological polar surface area (TPSA) is 144 Å². The highest BCUT2D eigenvalue weighted by atomic mass is 16.5. The van der Waals surface area contributed by atoms with Gasteiger partial charge < -0.3 is 19.9 Å². The standard InChI is InChI=1S/C21H21N7O3/c1-3-31-13-10-8-12(9-11-13)19-24-16(18(22)27-23)17-20(26-19)28(21(29)25-17)14-6-4-5-7-15(14)30-2/h4-11H,3,23H2,1-2H3,(H2,22,27)(H,25,29). The van der Waals surface area contributed by atoms with Gasteiger partial charge in [0.25, 0.3) is 0 Å². The molecular weight excluding hydrogens is 398 g/mol. The first-order valence-corrected chi connectivity index (χ1v) is 9.52. The van der Waals surface area contributed by atoms with Gasteiger partial charge in [0.05, 0.1) is 19.4 Å². The molecule has 31 heavy (non-hydrogen) atoms. The molecule has 10 nitrogen and oxygen atoms in total. The van der Waals surface area contributed by atoms with Crippen molar-refractivity contribution in [2.45, 2.75) is 6.92 Å². The number of hydrogen-bond donors (Lipinski definition) is 4. The number of benzene rings is 2. The van der Waals surface area contributed by atoms with E-state index in [1.807, 2.05) is 37.3 Å². The SMILES string of the molecule is CCOc1ccc(-c2nc(C(=N)NN)c3[nH]c(=O)n(-c4ccccc4OC)c3n2)cc1. The maximum atomic E-state index is 12.9. The van der Waals surface area contributed by atoms with Crippen LogP contribution in [0.15, 0.2) is 53.3 Å². The summed E-state index contributed by atoms with van der Waals surface area (Å²) in [6, 6.07) is 14.3. The molecule has 0 aliphatic rings. The Labute approximate surface area is 177 Å². The zero-order valence-electron chi connectivity index (χ0n) is 17.0. The normalized spacial score (nSPS) is 10.8. The summed E-state index contributed by atoms with van der Waals surface area (Å²) in [6.45, 7) is 2.46. The van der Waals surface area contributed by atoms with Crippen LogP contribution < -0.4 is 26.4 Å². The molecule has 2 aromatic heterocycles. The number of fused-ring (bicyclic) bond motifs is 1. The first-order chi connectivity index (χ1) is 15.1. The summed E-state index contributed by atoms with van der Waals surface area (Å²) in [5.74, 6) is 6.86. The van der Waals surface area contributed by atoms with E-state index < -0.39 is 5.69 Å². The highest BCUT2D eigenvalue weighted by Crippen LogP contribution is 2.27. The molecule has 0 atom stereocenters. The molecule has 4 rings (SSSR count). The number of hydrogen-bond acceptors (Lipinski definition) is 7. The van der Waals surface area contributed by atoms with E-state index in [4.69, 9.17) is 20.7 Å². The van der Waals surface area contributed by atoms with Crippen molar-refractivity contribution in [3.05, 3.63) is 64.7 Å². The molecule has 5 N–H and O–H groups in total. The third kappa shape index (κ3) is 3.60. The van der Waals surface area contributed by atoms with Gasteiger partial charge in [-0.25, -0.2) is 25.2 Å². The molecule has 0 radical (unpaired) electrons. The number of ether oxygens (including phenoxy) is 2. The van der Waals surface area contributed by atoms with E-state index in [2.05, 4.69) is 20.4 Å². The Bertz CT molecular complexity index is 1310. The molecule has 0 fully saturated rings. The number of nitrogens with one attached hydrogen (secondary N) is 3. The second-order valence-corrected chi connectivity index (χ2v) is 6.51. The van der Waals surface area contributed by atoms with Crippen molar-refractivity contribution < 1.29 is 9.47 Å². The summed E-state index contributed by atoms with van der Waals surface area (Å²) in [7, 11) is 1.53. The first-order valence-electron chi connectivity index (χ1n) is 9.52. The monoisotopic (exact) mass is 419 g/mol. The second kappa shape index (κ2) is 8.28. The Hall–Kier alpha value is -4.18. The highest BCUT2D eigenvalue weighted by Gasteiger charge is 2.21. The molecule has 0 saturated carbocycles. The third-order valence-electron chi connectivity index (χ3n) is 4.67. The summed E-state index contributed by atoms with van der Waals surface area (Å²) in [6.07, 6.45) is 0. The average molecular weight is 419 g/mol. The molecule has 0 unspecified atom stereocenters. The van der Waals surface area contributed by atoms with Crippen LogP contribution in [-0.2, 0) is 0 Å². The van der Waals surface area contributed by atoms with E-state index in [0.29, 0.717) is 35.1 Å². The molecule has 0 amide bonds. The predicted octanol–water partition coefficient (Wildman–Crippen LogP) is 1.97. The molecule has 4 aromatic rings. The van der Waals surface area contributed by atoms with Gasteiger partial charge >= 0.3 is 5.69 Å². The molecule has 158 valence electrons. The summed E-state index contributed by atoms with van der Waals surface area (Å²) in [5.41, 5.74) is 3.80. The summed E-state index contributed by atoms with van der Waals surface area (Å²) in [5, 5.41) is 8.17. The van der Waals surface area contributed by atoms with Crippen molar-refractivity contribution in [3.8, 4) is 28.6 Å². The molecule has 10 heteroatoms. The van der Waals surface area contributed by atoms with Gasteiger partial charge in [0.2, 0.25) is 0 Å². The van der Waals surface area contributed by atoms with Crippen LogP contribution in [0.5, 0.6) is 11.5 Å². The van der Waals surface area contributed by atoms with Crippen LogP contribution in [0.2, 0.25) is 0 Å². The molecule has 0 aliphatic heterocycles. The zero-order chi connectivity index (χ0) is 22.0. The number of amidine groups is 1. The second-order valence-electron chi connectivity index (χ2n) is 6.51. The van der Waals surface area contributed by atoms with Crippen molar-refractivity contribution in [2.24, 2.45) is 5.84 Å². The summed E-state index contributed by atoms with van der Waals surface area (Å²) >= 11 is 0. The number of nitrogens with two attached hydrogens (primary N) is 1. The van der Waals surface area contributed by atoms with Crippen LogP contribution in [0, 0.1) is 5.41 Å². The van der Waals surface area contributed by atoms with Gasteiger partial charge in [0.15, 0.2) is 17.3 Å². The van der Waals surface area contributed by atoms with Gasteiger partial charge in [-0.1, -0.05) is 12.1 Å². The van der Waals surface area contributed by atoms with Crippen molar-refractivity contribution in [3.63, 3.8) is 0 Å². The van der Waals surface area contributed by atoms with Gasteiger partial charge in [-0.2, -0.15) is 0 Å². The number of rotatable bonds is 6. The molecule has 2 aromatic carbocycles. The van der Waals surface area contributed by atoms with Crippen molar-refractivity contribution in [1.29, 1.82) is 5.41 Å². The third-order valence-corrected chi connectivity index (χ3v) is 4.67. The maximum Gasteiger partial charge on any atom is 0.332 e. The van der Waals surface area contributed by atoms with Gasteiger partial charge in [0, 0.05) is 5.56 Å². The fraction of sp³-hybridized carbons (Fsp3) is 0.143.